The highest BCUT2D eigenvalue weighted by atomic mass is 16.1. The Labute approximate surface area is 110 Å². The van der Waals surface area contributed by atoms with Gasteiger partial charge in [-0.3, -0.25) is 4.79 Å². The van der Waals surface area contributed by atoms with E-state index in [-0.39, 0.29) is 11.9 Å². The summed E-state index contributed by atoms with van der Waals surface area (Å²) in [5.74, 6) is 0.603. The Morgan fingerprint density at radius 3 is 2.28 bits per heavy atom. The minimum atomic E-state index is -0.132. The van der Waals surface area contributed by atoms with Crippen molar-refractivity contribution in [2.45, 2.75) is 45.6 Å². The number of amides is 1. The van der Waals surface area contributed by atoms with Crippen molar-refractivity contribution in [1.29, 1.82) is 0 Å². The molecule has 0 saturated carbocycles. The zero-order valence-corrected chi connectivity index (χ0v) is 11.6. The molecule has 3 N–H and O–H groups in total. The molecule has 0 aliphatic carbocycles. The van der Waals surface area contributed by atoms with Crippen LogP contribution in [0.2, 0.25) is 0 Å². The maximum atomic E-state index is 11.4. The SMILES string of the molecule is CCCC(=O)NCC(N)c1ccc(C(C)C)cc1. The second-order valence-electron chi connectivity index (χ2n) is 4.98. The lowest BCUT2D eigenvalue weighted by molar-refractivity contribution is -0.121. The van der Waals surface area contributed by atoms with E-state index >= 15 is 0 Å². The van der Waals surface area contributed by atoms with E-state index in [2.05, 4.69) is 31.3 Å². The van der Waals surface area contributed by atoms with Gasteiger partial charge in [-0.25, -0.2) is 0 Å². The molecule has 0 aliphatic heterocycles. The van der Waals surface area contributed by atoms with Gasteiger partial charge in [-0.15, -0.1) is 0 Å². The van der Waals surface area contributed by atoms with Gasteiger partial charge >= 0.3 is 0 Å². The molecular formula is C15H24N2O. The fourth-order valence-corrected chi connectivity index (χ4v) is 1.79. The van der Waals surface area contributed by atoms with Crippen molar-refractivity contribution in [1.82, 2.24) is 5.32 Å². The standard InChI is InChI=1S/C15H24N2O/c1-4-5-15(18)17-10-14(16)13-8-6-12(7-9-13)11(2)3/h6-9,11,14H,4-5,10,16H2,1-3H3,(H,17,18). The number of rotatable bonds is 6. The Kier molecular flexibility index (Phi) is 5.86. The highest BCUT2D eigenvalue weighted by Crippen LogP contribution is 2.17. The monoisotopic (exact) mass is 248 g/mol. The molecule has 1 rings (SSSR count). The first-order valence-electron chi connectivity index (χ1n) is 6.66. The summed E-state index contributed by atoms with van der Waals surface area (Å²) in [7, 11) is 0. The van der Waals surface area contributed by atoms with E-state index in [1.807, 2.05) is 19.1 Å². The largest absolute Gasteiger partial charge is 0.354 e. The van der Waals surface area contributed by atoms with Crippen molar-refractivity contribution in [3.63, 3.8) is 0 Å². The topological polar surface area (TPSA) is 55.1 Å². The molecular weight excluding hydrogens is 224 g/mol. The van der Waals surface area contributed by atoms with Gasteiger partial charge in [-0.1, -0.05) is 45.0 Å². The molecule has 0 spiro atoms. The molecule has 18 heavy (non-hydrogen) atoms. The van der Waals surface area contributed by atoms with E-state index in [0.717, 1.165) is 12.0 Å². The molecule has 0 radical (unpaired) electrons. The van der Waals surface area contributed by atoms with Gasteiger partial charge < -0.3 is 11.1 Å². The fourth-order valence-electron chi connectivity index (χ4n) is 1.79. The van der Waals surface area contributed by atoms with Crippen LogP contribution < -0.4 is 11.1 Å². The third kappa shape index (κ3) is 4.49. The van der Waals surface area contributed by atoms with Gasteiger partial charge in [-0.05, 0) is 23.5 Å². The van der Waals surface area contributed by atoms with Gasteiger partial charge in [0.2, 0.25) is 5.91 Å². The summed E-state index contributed by atoms with van der Waals surface area (Å²) < 4.78 is 0. The van der Waals surface area contributed by atoms with Gasteiger partial charge in [0.1, 0.15) is 0 Å². The van der Waals surface area contributed by atoms with Crippen LogP contribution in [-0.4, -0.2) is 12.5 Å². The van der Waals surface area contributed by atoms with Crippen molar-refractivity contribution in [3.05, 3.63) is 35.4 Å². The van der Waals surface area contributed by atoms with Crippen molar-refractivity contribution in [2.24, 2.45) is 5.73 Å². The molecule has 3 heteroatoms. The predicted octanol–water partition coefficient (Wildman–Crippen LogP) is 2.73. The number of nitrogens with one attached hydrogen (secondary N) is 1. The van der Waals surface area contributed by atoms with E-state index in [1.165, 1.54) is 5.56 Å². The zero-order chi connectivity index (χ0) is 13.5. The zero-order valence-electron chi connectivity index (χ0n) is 11.6. The van der Waals surface area contributed by atoms with Crippen LogP contribution in [0, 0.1) is 0 Å². The summed E-state index contributed by atoms with van der Waals surface area (Å²) >= 11 is 0. The van der Waals surface area contributed by atoms with Crippen molar-refractivity contribution < 1.29 is 4.79 Å². The van der Waals surface area contributed by atoms with E-state index < -0.39 is 0 Å². The number of benzene rings is 1. The van der Waals surface area contributed by atoms with Crippen LogP contribution in [0.4, 0.5) is 0 Å². The second-order valence-corrected chi connectivity index (χ2v) is 4.98. The number of hydrogen-bond acceptors (Lipinski definition) is 2. The molecule has 0 aromatic heterocycles. The van der Waals surface area contributed by atoms with Crippen molar-refractivity contribution in [2.75, 3.05) is 6.54 Å². The first kappa shape index (κ1) is 14.7. The number of carbonyl (C=O) groups excluding carboxylic acids is 1. The summed E-state index contributed by atoms with van der Waals surface area (Å²) in [4.78, 5) is 11.4. The maximum absolute atomic E-state index is 11.4. The Bertz CT molecular complexity index is 371. The number of hydrogen-bond donors (Lipinski definition) is 2. The molecule has 1 amide bonds. The molecule has 0 saturated heterocycles. The fraction of sp³-hybridized carbons (Fsp3) is 0.533. The van der Waals surface area contributed by atoms with Crippen molar-refractivity contribution >= 4 is 5.91 Å². The molecule has 1 aromatic rings. The molecule has 0 bridgehead atoms. The molecule has 0 fully saturated rings. The molecule has 0 heterocycles. The predicted molar refractivity (Wildman–Crippen MR) is 75.4 cm³/mol. The average molecular weight is 248 g/mol. The number of carbonyl (C=O) groups is 1. The Morgan fingerprint density at radius 1 is 1.22 bits per heavy atom. The van der Waals surface area contributed by atoms with Gasteiger partial charge in [0, 0.05) is 19.0 Å². The van der Waals surface area contributed by atoms with Crippen LogP contribution in [0.3, 0.4) is 0 Å². The van der Waals surface area contributed by atoms with E-state index in [9.17, 15) is 4.79 Å². The molecule has 0 aliphatic rings. The van der Waals surface area contributed by atoms with Gasteiger partial charge in [0.15, 0.2) is 0 Å². The van der Waals surface area contributed by atoms with E-state index in [1.54, 1.807) is 0 Å². The summed E-state index contributed by atoms with van der Waals surface area (Å²) in [6.07, 6.45) is 1.43. The summed E-state index contributed by atoms with van der Waals surface area (Å²) in [6, 6.07) is 8.17. The first-order valence-corrected chi connectivity index (χ1v) is 6.66. The lowest BCUT2D eigenvalue weighted by Gasteiger charge is -2.14. The van der Waals surface area contributed by atoms with Crippen LogP contribution in [-0.2, 0) is 4.79 Å². The summed E-state index contributed by atoms with van der Waals surface area (Å²) in [6.45, 7) is 6.82. The highest BCUT2D eigenvalue weighted by molar-refractivity contribution is 5.75. The lowest BCUT2D eigenvalue weighted by atomic mass is 9.99. The molecule has 100 valence electrons. The van der Waals surface area contributed by atoms with Crippen LogP contribution in [0.25, 0.3) is 0 Å². The minimum absolute atomic E-state index is 0.0757. The lowest BCUT2D eigenvalue weighted by Crippen LogP contribution is -2.31. The normalized spacial score (nSPS) is 12.5. The van der Waals surface area contributed by atoms with Crippen LogP contribution in [0.5, 0.6) is 0 Å². The Hall–Kier alpha value is -1.35. The number of nitrogens with two attached hydrogens (primary N) is 1. The second kappa shape index (κ2) is 7.17. The molecule has 1 atom stereocenters. The van der Waals surface area contributed by atoms with Gasteiger partial charge in [-0.2, -0.15) is 0 Å². The average Bonchev–Trinajstić information content (AvgIpc) is 2.36. The van der Waals surface area contributed by atoms with E-state index in [0.29, 0.717) is 18.9 Å². The van der Waals surface area contributed by atoms with Crippen molar-refractivity contribution in [3.8, 4) is 0 Å². The maximum Gasteiger partial charge on any atom is 0.220 e. The first-order chi connectivity index (χ1) is 8.54. The molecule has 3 nitrogen and oxygen atoms in total. The highest BCUT2D eigenvalue weighted by Gasteiger charge is 2.08. The Morgan fingerprint density at radius 2 is 1.78 bits per heavy atom. The van der Waals surface area contributed by atoms with Gasteiger partial charge in [0.25, 0.3) is 0 Å². The summed E-state index contributed by atoms with van der Waals surface area (Å²) in [5.41, 5.74) is 8.42. The van der Waals surface area contributed by atoms with Crippen LogP contribution in [0.15, 0.2) is 24.3 Å². The van der Waals surface area contributed by atoms with Gasteiger partial charge in [0.05, 0.1) is 0 Å². The molecule has 1 aromatic carbocycles. The Balaban J connectivity index is 2.51. The third-order valence-electron chi connectivity index (χ3n) is 3.03. The third-order valence-corrected chi connectivity index (χ3v) is 3.03. The van der Waals surface area contributed by atoms with Crippen LogP contribution >= 0.6 is 0 Å². The smallest absolute Gasteiger partial charge is 0.220 e. The quantitative estimate of drug-likeness (QED) is 0.813. The van der Waals surface area contributed by atoms with Crippen LogP contribution in [0.1, 0.15) is 56.7 Å². The minimum Gasteiger partial charge on any atom is -0.354 e. The molecule has 1 unspecified atom stereocenters. The van der Waals surface area contributed by atoms with E-state index in [4.69, 9.17) is 5.73 Å². The summed E-state index contributed by atoms with van der Waals surface area (Å²) in [5, 5.41) is 2.86.